The summed E-state index contributed by atoms with van der Waals surface area (Å²) in [6.07, 6.45) is 1.21. The minimum Gasteiger partial charge on any atom is -0.341 e. The van der Waals surface area contributed by atoms with Crippen LogP contribution in [-0.2, 0) is 11.2 Å². The van der Waals surface area contributed by atoms with E-state index in [9.17, 15) is 13.6 Å². The third-order valence-electron chi connectivity index (χ3n) is 3.19. The Balaban J connectivity index is 1.91. The van der Waals surface area contributed by atoms with Crippen molar-refractivity contribution in [1.82, 2.24) is 4.90 Å². The van der Waals surface area contributed by atoms with Crippen molar-refractivity contribution in [3.05, 3.63) is 35.4 Å². The van der Waals surface area contributed by atoms with Crippen LogP contribution in [0.25, 0.3) is 0 Å². The number of nitrogens with two attached hydrogens (primary N) is 1. The van der Waals surface area contributed by atoms with Gasteiger partial charge in [-0.2, -0.15) is 0 Å². The quantitative estimate of drug-likeness (QED) is 0.887. The van der Waals surface area contributed by atoms with Gasteiger partial charge in [-0.05, 0) is 36.6 Å². The number of carbonyl (C=O) groups is 1. The van der Waals surface area contributed by atoms with E-state index >= 15 is 0 Å². The van der Waals surface area contributed by atoms with E-state index in [1.165, 1.54) is 0 Å². The van der Waals surface area contributed by atoms with Crippen LogP contribution >= 0.6 is 0 Å². The van der Waals surface area contributed by atoms with Crippen molar-refractivity contribution in [2.75, 3.05) is 13.1 Å². The van der Waals surface area contributed by atoms with E-state index in [1.54, 1.807) is 4.90 Å². The second-order valence-electron chi connectivity index (χ2n) is 4.62. The fraction of sp³-hybridized carbons (Fsp3) is 0.462. The molecule has 0 saturated carbocycles. The Morgan fingerprint density at radius 3 is 2.89 bits per heavy atom. The van der Waals surface area contributed by atoms with Gasteiger partial charge in [0.15, 0.2) is 0 Å². The normalized spacial score (nSPS) is 19.3. The number of hydrogen-bond donors (Lipinski definition) is 1. The Kier molecular flexibility index (Phi) is 3.91. The second-order valence-corrected chi connectivity index (χ2v) is 4.62. The summed E-state index contributed by atoms with van der Waals surface area (Å²) in [5.41, 5.74) is 5.95. The van der Waals surface area contributed by atoms with Crippen LogP contribution in [0.4, 0.5) is 8.78 Å². The van der Waals surface area contributed by atoms with Crippen LogP contribution < -0.4 is 5.73 Å². The fourth-order valence-corrected chi connectivity index (χ4v) is 2.15. The van der Waals surface area contributed by atoms with Crippen molar-refractivity contribution in [3.63, 3.8) is 0 Å². The summed E-state index contributed by atoms with van der Waals surface area (Å²) in [5.74, 6) is -1.00. The van der Waals surface area contributed by atoms with Crippen molar-refractivity contribution >= 4 is 5.91 Å². The summed E-state index contributed by atoms with van der Waals surface area (Å²) in [7, 11) is 0. The molecule has 0 aromatic heterocycles. The zero-order chi connectivity index (χ0) is 13.1. The summed E-state index contributed by atoms with van der Waals surface area (Å²) in [4.78, 5) is 13.5. The topological polar surface area (TPSA) is 46.3 Å². The third-order valence-corrected chi connectivity index (χ3v) is 3.19. The molecule has 2 N–H and O–H groups in total. The lowest BCUT2D eigenvalue weighted by Gasteiger charge is -2.15. The van der Waals surface area contributed by atoms with E-state index < -0.39 is 11.6 Å². The zero-order valence-electron chi connectivity index (χ0n) is 10.0. The van der Waals surface area contributed by atoms with Crippen molar-refractivity contribution < 1.29 is 13.6 Å². The Bertz CT molecular complexity index is 451. The van der Waals surface area contributed by atoms with Gasteiger partial charge in [0.25, 0.3) is 0 Å². The lowest BCUT2D eigenvalue weighted by atomic mass is 10.1. The maximum Gasteiger partial charge on any atom is 0.222 e. The highest BCUT2D eigenvalue weighted by Crippen LogP contribution is 2.14. The number of aryl methyl sites for hydroxylation is 1. The van der Waals surface area contributed by atoms with E-state index in [1.807, 2.05) is 0 Å². The van der Waals surface area contributed by atoms with Crippen molar-refractivity contribution in [1.29, 1.82) is 0 Å². The predicted octanol–water partition coefficient (Wildman–Crippen LogP) is 1.46. The van der Waals surface area contributed by atoms with Crippen molar-refractivity contribution in [2.24, 2.45) is 5.73 Å². The van der Waals surface area contributed by atoms with Crippen molar-refractivity contribution in [3.8, 4) is 0 Å². The molecule has 0 unspecified atom stereocenters. The summed E-state index contributed by atoms with van der Waals surface area (Å²) >= 11 is 0. The Morgan fingerprint density at radius 1 is 1.44 bits per heavy atom. The van der Waals surface area contributed by atoms with Crippen LogP contribution in [0.1, 0.15) is 18.4 Å². The average molecular weight is 254 g/mol. The smallest absolute Gasteiger partial charge is 0.222 e. The van der Waals surface area contributed by atoms with Gasteiger partial charge < -0.3 is 10.6 Å². The fourth-order valence-electron chi connectivity index (χ4n) is 2.15. The molecule has 1 atom stereocenters. The SMILES string of the molecule is N[C@H]1CCN(C(=O)CCc2cc(F)ccc2F)C1. The largest absolute Gasteiger partial charge is 0.341 e. The summed E-state index contributed by atoms with van der Waals surface area (Å²) < 4.78 is 26.3. The summed E-state index contributed by atoms with van der Waals surface area (Å²) in [6.45, 7) is 1.22. The van der Waals surface area contributed by atoms with Crippen LogP contribution in [-0.4, -0.2) is 29.9 Å². The first kappa shape index (κ1) is 13.0. The average Bonchev–Trinajstić information content (AvgIpc) is 2.77. The first-order valence-electron chi connectivity index (χ1n) is 6.03. The van der Waals surface area contributed by atoms with Gasteiger partial charge in [-0.1, -0.05) is 0 Å². The predicted molar refractivity (Wildman–Crippen MR) is 63.9 cm³/mol. The van der Waals surface area contributed by atoms with Gasteiger partial charge in [0.1, 0.15) is 11.6 Å². The monoisotopic (exact) mass is 254 g/mol. The van der Waals surface area contributed by atoms with Crippen molar-refractivity contribution in [2.45, 2.75) is 25.3 Å². The molecule has 0 aliphatic carbocycles. The van der Waals surface area contributed by atoms with E-state index in [-0.39, 0.29) is 30.4 Å². The molecule has 5 heteroatoms. The molecule has 18 heavy (non-hydrogen) atoms. The Hall–Kier alpha value is -1.49. The van der Waals surface area contributed by atoms with Crippen LogP contribution in [0.15, 0.2) is 18.2 Å². The zero-order valence-corrected chi connectivity index (χ0v) is 10.0. The third kappa shape index (κ3) is 3.04. The molecule has 0 spiro atoms. The number of rotatable bonds is 3. The lowest BCUT2D eigenvalue weighted by Crippen LogP contribution is -2.32. The van der Waals surface area contributed by atoms with Gasteiger partial charge in [-0.3, -0.25) is 4.79 Å². The Morgan fingerprint density at radius 2 is 2.22 bits per heavy atom. The van der Waals surface area contributed by atoms with Crippen LogP contribution in [0.3, 0.4) is 0 Å². The molecular weight excluding hydrogens is 238 g/mol. The van der Waals surface area contributed by atoms with Gasteiger partial charge in [-0.25, -0.2) is 8.78 Å². The molecular formula is C13H16F2N2O. The van der Waals surface area contributed by atoms with Gasteiger partial charge >= 0.3 is 0 Å². The molecule has 1 heterocycles. The molecule has 2 rings (SSSR count). The van der Waals surface area contributed by atoms with E-state index in [4.69, 9.17) is 5.73 Å². The van der Waals surface area contributed by atoms with Gasteiger partial charge in [-0.15, -0.1) is 0 Å². The standard InChI is InChI=1S/C13H16F2N2O/c14-10-2-3-12(15)9(7-10)1-4-13(18)17-6-5-11(16)8-17/h2-3,7,11H,1,4-6,8,16H2/t11-/m0/s1. The number of amides is 1. The number of carbonyl (C=O) groups excluding carboxylic acids is 1. The van der Waals surface area contributed by atoms with E-state index in [0.717, 1.165) is 24.6 Å². The van der Waals surface area contributed by atoms with E-state index in [0.29, 0.717) is 13.1 Å². The van der Waals surface area contributed by atoms with Crippen LogP contribution in [0.2, 0.25) is 0 Å². The first-order chi connectivity index (χ1) is 8.56. The van der Waals surface area contributed by atoms with Crippen LogP contribution in [0, 0.1) is 11.6 Å². The maximum atomic E-state index is 13.3. The molecule has 1 aromatic carbocycles. The van der Waals surface area contributed by atoms with E-state index in [2.05, 4.69) is 0 Å². The number of halogens is 2. The van der Waals surface area contributed by atoms with Crippen LogP contribution in [0.5, 0.6) is 0 Å². The van der Waals surface area contributed by atoms with Gasteiger partial charge in [0.05, 0.1) is 0 Å². The molecule has 1 fully saturated rings. The molecule has 0 bridgehead atoms. The summed E-state index contributed by atoms with van der Waals surface area (Å²) in [5, 5.41) is 0. The minimum absolute atomic E-state index is 0.0415. The second kappa shape index (κ2) is 5.44. The molecule has 1 aliphatic rings. The highest BCUT2D eigenvalue weighted by Gasteiger charge is 2.23. The highest BCUT2D eigenvalue weighted by atomic mass is 19.1. The van der Waals surface area contributed by atoms with Gasteiger partial charge in [0, 0.05) is 25.6 Å². The lowest BCUT2D eigenvalue weighted by molar-refractivity contribution is -0.130. The molecule has 1 saturated heterocycles. The maximum absolute atomic E-state index is 13.3. The molecule has 1 amide bonds. The minimum atomic E-state index is -0.484. The molecule has 1 aliphatic heterocycles. The number of likely N-dealkylation sites (tertiary alicyclic amines) is 1. The molecule has 0 radical (unpaired) electrons. The van der Waals surface area contributed by atoms with Gasteiger partial charge in [0.2, 0.25) is 5.91 Å². The number of benzene rings is 1. The number of nitrogens with zero attached hydrogens (tertiary/aromatic N) is 1. The Labute approximate surface area is 105 Å². The number of hydrogen-bond acceptors (Lipinski definition) is 2. The highest BCUT2D eigenvalue weighted by molar-refractivity contribution is 5.76. The molecule has 1 aromatic rings. The molecule has 3 nitrogen and oxygen atoms in total. The first-order valence-corrected chi connectivity index (χ1v) is 6.03. The summed E-state index contributed by atoms with van der Waals surface area (Å²) in [6, 6.07) is 3.33. The molecule has 98 valence electrons.